The lowest BCUT2D eigenvalue weighted by Gasteiger charge is -2.20. The van der Waals surface area contributed by atoms with Gasteiger partial charge in [-0.25, -0.2) is 4.79 Å². The van der Waals surface area contributed by atoms with Crippen LogP contribution in [0.25, 0.3) is 0 Å². The summed E-state index contributed by atoms with van der Waals surface area (Å²) in [5.41, 5.74) is 2.94. The molecule has 0 aliphatic carbocycles. The standard InChI is InChI=1S/C17H15NO2/c19-17-15(11-13-7-3-1-4-8-13)18-16(12-20-17)14-9-5-2-6-10-14/h1-10,15H,11-12H2/t15-/m0/s1. The van der Waals surface area contributed by atoms with Crippen LogP contribution in [-0.4, -0.2) is 24.3 Å². The summed E-state index contributed by atoms with van der Waals surface area (Å²) in [4.78, 5) is 16.4. The van der Waals surface area contributed by atoms with Gasteiger partial charge in [0, 0.05) is 6.42 Å². The first-order chi connectivity index (χ1) is 9.83. The molecule has 3 nitrogen and oxygen atoms in total. The van der Waals surface area contributed by atoms with Crippen molar-refractivity contribution in [2.24, 2.45) is 4.99 Å². The van der Waals surface area contributed by atoms with Crippen molar-refractivity contribution in [3.8, 4) is 0 Å². The fourth-order valence-electron chi connectivity index (χ4n) is 2.27. The first kappa shape index (κ1) is 12.6. The molecular weight excluding hydrogens is 250 g/mol. The molecule has 0 saturated heterocycles. The van der Waals surface area contributed by atoms with Crippen molar-refractivity contribution < 1.29 is 9.53 Å². The first-order valence-electron chi connectivity index (χ1n) is 6.65. The van der Waals surface area contributed by atoms with Gasteiger partial charge in [-0.2, -0.15) is 0 Å². The number of ether oxygens (including phenoxy) is 1. The van der Waals surface area contributed by atoms with E-state index in [0.717, 1.165) is 16.8 Å². The van der Waals surface area contributed by atoms with Crippen molar-refractivity contribution in [1.29, 1.82) is 0 Å². The van der Waals surface area contributed by atoms with Crippen molar-refractivity contribution in [3.05, 3.63) is 71.8 Å². The van der Waals surface area contributed by atoms with Crippen LogP contribution >= 0.6 is 0 Å². The summed E-state index contributed by atoms with van der Waals surface area (Å²) in [5.74, 6) is -0.242. The van der Waals surface area contributed by atoms with Gasteiger partial charge in [0.2, 0.25) is 0 Å². The fraction of sp³-hybridized carbons (Fsp3) is 0.176. The van der Waals surface area contributed by atoms with Crippen LogP contribution in [0.2, 0.25) is 0 Å². The Kier molecular flexibility index (Phi) is 3.59. The third-order valence-corrected chi connectivity index (χ3v) is 3.31. The molecule has 1 aliphatic rings. The molecule has 1 aliphatic heterocycles. The molecule has 100 valence electrons. The van der Waals surface area contributed by atoms with Crippen molar-refractivity contribution >= 4 is 11.7 Å². The Morgan fingerprint density at radius 2 is 1.65 bits per heavy atom. The maximum Gasteiger partial charge on any atom is 0.331 e. The lowest BCUT2D eigenvalue weighted by Crippen LogP contribution is -2.33. The van der Waals surface area contributed by atoms with E-state index in [4.69, 9.17) is 4.74 Å². The quantitative estimate of drug-likeness (QED) is 0.800. The number of nitrogens with zero attached hydrogens (tertiary/aromatic N) is 1. The second-order valence-electron chi connectivity index (χ2n) is 4.76. The Bertz CT molecular complexity index is 620. The van der Waals surface area contributed by atoms with Crippen LogP contribution in [-0.2, 0) is 16.0 Å². The van der Waals surface area contributed by atoms with E-state index >= 15 is 0 Å². The Balaban J connectivity index is 1.84. The molecule has 3 rings (SSSR count). The average Bonchev–Trinajstić information content (AvgIpc) is 2.51. The maximum absolute atomic E-state index is 11.8. The monoisotopic (exact) mass is 265 g/mol. The highest BCUT2D eigenvalue weighted by Crippen LogP contribution is 2.14. The molecule has 1 heterocycles. The number of esters is 1. The van der Waals surface area contributed by atoms with Crippen molar-refractivity contribution in [3.63, 3.8) is 0 Å². The Labute approximate surface area is 117 Å². The predicted molar refractivity (Wildman–Crippen MR) is 77.9 cm³/mol. The van der Waals surface area contributed by atoms with Crippen molar-refractivity contribution in [1.82, 2.24) is 0 Å². The molecular formula is C17H15NO2. The second-order valence-corrected chi connectivity index (χ2v) is 4.76. The van der Waals surface area contributed by atoms with Crippen LogP contribution in [0, 0.1) is 0 Å². The van der Waals surface area contributed by atoms with Crippen LogP contribution in [0.15, 0.2) is 65.7 Å². The molecule has 0 fully saturated rings. The second kappa shape index (κ2) is 5.70. The highest BCUT2D eigenvalue weighted by Gasteiger charge is 2.25. The third kappa shape index (κ3) is 2.77. The molecule has 2 aromatic carbocycles. The van der Waals surface area contributed by atoms with Crippen molar-refractivity contribution in [2.45, 2.75) is 12.5 Å². The lowest BCUT2D eigenvalue weighted by atomic mass is 10.0. The Morgan fingerprint density at radius 3 is 2.35 bits per heavy atom. The summed E-state index contributed by atoms with van der Waals surface area (Å²) in [5, 5.41) is 0. The fourth-order valence-corrected chi connectivity index (χ4v) is 2.27. The molecule has 0 aromatic heterocycles. The van der Waals surface area contributed by atoms with Gasteiger partial charge in [-0.15, -0.1) is 0 Å². The van der Waals surface area contributed by atoms with Gasteiger partial charge in [-0.3, -0.25) is 4.99 Å². The molecule has 0 saturated carbocycles. The smallest absolute Gasteiger partial charge is 0.331 e. The number of carbonyl (C=O) groups excluding carboxylic acids is 1. The number of rotatable bonds is 3. The number of benzene rings is 2. The molecule has 0 amide bonds. The van der Waals surface area contributed by atoms with Crippen LogP contribution in [0.3, 0.4) is 0 Å². The summed E-state index contributed by atoms with van der Waals surface area (Å²) in [6, 6.07) is 19.3. The molecule has 0 unspecified atom stereocenters. The van der Waals surface area contributed by atoms with E-state index in [1.807, 2.05) is 60.7 Å². The van der Waals surface area contributed by atoms with Crippen molar-refractivity contribution in [2.75, 3.05) is 6.61 Å². The van der Waals surface area contributed by atoms with Gasteiger partial charge in [0.15, 0.2) is 6.04 Å². The summed E-state index contributed by atoms with van der Waals surface area (Å²) in [6.07, 6.45) is 0.579. The van der Waals surface area contributed by atoms with E-state index in [2.05, 4.69) is 4.99 Å². The number of hydrogen-bond acceptors (Lipinski definition) is 3. The molecule has 2 aromatic rings. The minimum atomic E-state index is -0.443. The minimum Gasteiger partial charge on any atom is -0.458 e. The van der Waals surface area contributed by atoms with E-state index in [1.165, 1.54) is 0 Å². The predicted octanol–water partition coefficient (Wildman–Crippen LogP) is 2.64. The van der Waals surface area contributed by atoms with Crippen LogP contribution in [0.5, 0.6) is 0 Å². The minimum absolute atomic E-state index is 0.242. The summed E-state index contributed by atoms with van der Waals surface area (Å²) in [7, 11) is 0. The lowest BCUT2D eigenvalue weighted by molar-refractivity contribution is -0.144. The van der Waals surface area contributed by atoms with E-state index in [9.17, 15) is 4.79 Å². The maximum atomic E-state index is 11.8. The van der Waals surface area contributed by atoms with Gasteiger partial charge in [0.1, 0.15) is 6.61 Å². The van der Waals surface area contributed by atoms with E-state index in [0.29, 0.717) is 6.42 Å². The molecule has 0 N–H and O–H groups in total. The number of hydrogen-bond donors (Lipinski definition) is 0. The largest absolute Gasteiger partial charge is 0.458 e. The molecule has 3 heteroatoms. The van der Waals surface area contributed by atoms with Gasteiger partial charge in [0.05, 0.1) is 5.71 Å². The molecule has 0 radical (unpaired) electrons. The summed E-state index contributed by atoms with van der Waals surface area (Å²) >= 11 is 0. The van der Waals surface area contributed by atoms with Gasteiger partial charge in [-0.05, 0) is 11.1 Å². The van der Waals surface area contributed by atoms with E-state index in [1.54, 1.807) is 0 Å². The number of carbonyl (C=O) groups is 1. The third-order valence-electron chi connectivity index (χ3n) is 3.31. The Hall–Kier alpha value is -2.42. The topological polar surface area (TPSA) is 38.7 Å². The van der Waals surface area contributed by atoms with Gasteiger partial charge in [-0.1, -0.05) is 60.7 Å². The average molecular weight is 265 g/mol. The van der Waals surface area contributed by atoms with Gasteiger partial charge < -0.3 is 4.74 Å². The zero-order valence-corrected chi connectivity index (χ0v) is 11.0. The van der Waals surface area contributed by atoms with E-state index < -0.39 is 6.04 Å². The van der Waals surface area contributed by atoms with Gasteiger partial charge in [0.25, 0.3) is 0 Å². The summed E-state index contributed by atoms with van der Waals surface area (Å²) in [6.45, 7) is 0.258. The Morgan fingerprint density at radius 1 is 1.00 bits per heavy atom. The highest BCUT2D eigenvalue weighted by atomic mass is 16.5. The van der Waals surface area contributed by atoms with Crippen LogP contribution in [0.1, 0.15) is 11.1 Å². The number of aliphatic imine (C=N–C) groups is 1. The number of cyclic esters (lactones) is 1. The van der Waals surface area contributed by atoms with Crippen LogP contribution in [0.4, 0.5) is 0 Å². The molecule has 0 spiro atoms. The van der Waals surface area contributed by atoms with Gasteiger partial charge >= 0.3 is 5.97 Å². The zero-order valence-electron chi connectivity index (χ0n) is 11.0. The highest BCUT2D eigenvalue weighted by molar-refractivity contribution is 6.05. The molecule has 1 atom stereocenters. The normalized spacial score (nSPS) is 18.3. The first-order valence-corrected chi connectivity index (χ1v) is 6.65. The van der Waals surface area contributed by atoms with Crippen LogP contribution < -0.4 is 0 Å². The van der Waals surface area contributed by atoms with E-state index in [-0.39, 0.29) is 12.6 Å². The molecule has 0 bridgehead atoms. The molecule has 20 heavy (non-hydrogen) atoms. The zero-order chi connectivity index (χ0) is 13.8. The SMILES string of the molecule is O=C1OCC(c2ccccc2)=N[C@H]1Cc1ccccc1. The summed E-state index contributed by atoms with van der Waals surface area (Å²) < 4.78 is 5.26.